The highest BCUT2D eigenvalue weighted by molar-refractivity contribution is 5.90. The molecule has 5 heteroatoms. The average Bonchev–Trinajstić information content (AvgIpc) is 2.62. The summed E-state index contributed by atoms with van der Waals surface area (Å²) in [6, 6.07) is 0. The SMILES string of the molecule is CCOC(=O)C1=C[C@@H](O)[C@@H]2OC(C)(C)O[C@H]12. The van der Waals surface area contributed by atoms with Crippen molar-refractivity contribution in [3.8, 4) is 0 Å². The molecule has 2 aliphatic rings. The fourth-order valence-electron chi connectivity index (χ4n) is 2.05. The lowest BCUT2D eigenvalue weighted by Crippen LogP contribution is -2.30. The third kappa shape index (κ3) is 1.86. The first kappa shape index (κ1) is 11.6. The third-order valence-corrected chi connectivity index (χ3v) is 2.63. The number of hydrogen-bond donors (Lipinski definition) is 1. The maximum absolute atomic E-state index is 11.6. The summed E-state index contributed by atoms with van der Waals surface area (Å²) >= 11 is 0. The van der Waals surface area contributed by atoms with Gasteiger partial charge in [0.05, 0.1) is 12.2 Å². The van der Waals surface area contributed by atoms with Crippen LogP contribution in [-0.2, 0) is 19.0 Å². The smallest absolute Gasteiger partial charge is 0.336 e. The Morgan fingerprint density at radius 1 is 1.56 bits per heavy atom. The lowest BCUT2D eigenvalue weighted by Gasteiger charge is -2.18. The van der Waals surface area contributed by atoms with Crippen LogP contribution in [0.1, 0.15) is 20.8 Å². The molecule has 0 unspecified atom stereocenters. The Morgan fingerprint density at radius 3 is 2.88 bits per heavy atom. The van der Waals surface area contributed by atoms with Crippen LogP contribution < -0.4 is 0 Å². The molecule has 1 saturated heterocycles. The first-order valence-corrected chi connectivity index (χ1v) is 5.37. The first-order chi connectivity index (χ1) is 7.44. The maximum Gasteiger partial charge on any atom is 0.336 e. The molecule has 1 N–H and O–H groups in total. The van der Waals surface area contributed by atoms with Crippen molar-refractivity contribution in [2.24, 2.45) is 0 Å². The number of aliphatic hydroxyl groups excluding tert-OH is 1. The number of aliphatic hydroxyl groups is 1. The Bertz CT molecular complexity index is 333. The molecule has 2 rings (SSSR count). The molecule has 0 aromatic heterocycles. The van der Waals surface area contributed by atoms with E-state index >= 15 is 0 Å². The van der Waals surface area contributed by atoms with Crippen LogP contribution in [-0.4, -0.2) is 41.8 Å². The van der Waals surface area contributed by atoms with Gasteiger partial charge in [-0.05, 0) is 26.8 Å². The van der Waals surface area contributed by atoms with Crippen LogP contribution in [0.3, 0.4) is 0 Å². The van der Waals surface area contributed by atoms with Gasteiger partial charge in [0.1, 0.15) is 18.3 Å². The van der Waals surface area contributed by atoms with Gasteiger partial charge < -0.3 is 19.3 Å². The minimum Gasteiger partial charge on any atom is -0.463 e. The molecule has 1 aliphatic heterocycles. The molecule has 1 aliphatic carbocycles. The fraction of sp³-hybridized carbons (Fsp3) is 0.727. The van der Waals surface area contributed by atoms with Crippen LogP contribution in [0.15, 0.2) is 11.6 Å². The van der Waals surface area contributed by atoms with Gasteiger partial charge in [0, 0.05) is 0 Å². The number of rotatable bonds is 2. The van der Waals surface area contributed by atoms with Crippen molar-refractivity contribution in [1.82, 2.24) is 0 Å². The molecule has 0 saturated carbocycles. The van der Waals surface area contributed by atoms with Crippen molar-refractivity contribution in [2.75, 3.05) is 6.61 Å². The largest absolute Gasteiger partial charge is 0.463 e. The first-order valence-electron chi connectivity index (χ1n) is 5.37. The van der Waals surface area contributed by atoms with Crippen LogP contribution in [0.5, 0.6) is 0 Å². The van der Waals surface area contributed by atoms with Gasteiger partial charge in [-0.2, -0.15) is 0 Å². The van der Waals surface area contributed by atoms with Gasteiger partial charge in [0.25, 0.3) is 0 Å². The molecular formula is C11H16O5. The van der Waals surface area contributed by atoms with Crippen molar-refractivity contribution in [3.05, 3.63) is 11.6 Å². The monoisotopic (exact) mass is 228 g/mol. The van der Waals surface area contributed by atoms with Crippen LogP contribution in [0.25, 0.3) is 0 Å². The van der Waals surface area contributed by atoms with E-state index in [0.717, 1.165) is 0 Å². The molecule has 90 valence electrons. The highest BCUT2D eigenvalue weighted by Crippen LogP contribution is 2.38. The summed E-state index contributed by atoms with van der Waals surface area (Å²) in [5, 5.41) is 9.73. The highest BCUT2D eigenvalue weighted by Gasteiger charge is 2.51. The van der Waals surface area contributed by atoms with Crippen LogP contribution >= 0.6 is 0 Å². The molecule has 1 fully saturated rings. The molecule has 0 bridgehead atoms. The minimum atomic E-state index is -0.814. The number of fused-ring (bicyclic) bond motifs is 1. The Kier molecular flexibility index (Phi) is 2.77. The molecule has 3 atom stereocenters. The quantitative estimate of drug-likeness (QED) is 0.692. The summed E-state index contributed by atoms with van der Waals surface area (Å²) in [4.78, 5) is 11.6. The zero-order chi connectivity index (χ0) is 11.9. The summed E-state index contributed by atoms with van der Waals surface area (Å²) in [5.74, 6) is -1.22. The zero-order valence-electron chi connectivity index (χ0n) is 9.60. The van der Waals surface area contributed by atoms with Crippen molar-refractivity contribution in [3.63, 3.8) is 0 Å². The lowest BCUT2D eigenvalue weighted by molar-refractivity contribution is -0.155. The van der Waals surface area contributed by atoms with Crippen molar-refractivity contribution in [2.45, 2.75) is 44.9 Å². The van der Waals surface area contributed by atoms with E-state index in [0.29, 0.717) is 12.2 Å². The molecular weight excluding hydrogens is 212 g/mol. The minimum absolute atomic E-state index is 0.300. The van der Waals surface area contributed by atoms with Gasteiger partial charge >= 0.3 is 5.97 Å². The topological polar surface area (TPSA) is 65.0 Å². The number of carbonyl (C=O) groups is 1. The molecule has 0 aromatic carbocycles. The van der Waals surface area contributed by atoms with Crippen molar-refractivity contribution < 1.29 is 24.1 Å². The summed E-state index contributed by atoms with van der Waals surface area (Å²) in [6.45, 7) is 5.53. The van der Waals surface area contributed by atoms with E-state index in [2.05, 4.69) is 0 Å². The molecule has 16 heavy (non-hydrogen) atoms. The molecule has 5 nitrogen and oxygen atoms in total. The average molecular weight is 228 g/mol. The van der Waals surface area contributed by atoms with E-state index in [9.17, 15) is 9.90 Å². The number of ether oxygens (including phenoxy) is 3. The normalized spacial score (nSPS) is 35.8. The third-order valence-electron chi connectivity index (χ3n) is 2.63. The van der Waals surface area contributed by atoms with E-state index in [1.54, 1.807) is 20.8 Å². The molecule has 0 spiro atoms. The van der Waals surface area contributed by atoms with Gasteiger partial charge in [-0.25, -0.2) is 4.79 Å². The Balaban J connectivity index is 2.17. The maximum atomic E-state index is 11.6. The predicted molar refractivity (Wildman–Crippen MR) is 54.5 cm³/mol. The highest BCUT2D eigenvalue weighted by atomic mass is 16.8. The van der Waals surface area contributed by atoms with Gasteiger partial charge in [0.15, 0.2) is 5.79 Å². The second-order valence-corrected chi connectivity index (χ2v) is 4.35. The van der Waals surface area contributed by atoms with Gasteiger partial charge in [-0.3, -0.25) is 0 Å². The fourth-order valence-corrected chi connectivity index (χ4v) is 2.05. The Hall–Kier alpha value is -0.910. The molecule has 0 amide bonds. The van der Waals surface area contributed by atoms with E-state index in [-0.39, 0.29) is 0 Å². The number of esters is 1. The van der Waals surface area contributed by atoms with E-state index in [1.807, 2.05) is 0 Å². The van der Waals surface area contributed by atoms with Crippen LogP contribution in [0, 0.1) is 0 Å². The van der Waals surface area contributed by atoms with Crippen molar-refractivity contribution in [1.29, 1.82) is 0 Å². The second kappa shape index (κ2) is 3.84. The molecule has 0 radical (unpaired) electrons. The van der Waals surface area contributed by atoms with Gasteiger partial charge in [0.2, 0.25) is 0 Å². The lowest BCUT2D eigenvalue weighted by atomic mass is 10.1. The van der Waals surface area contributed by atoms with E-state index in [4.69, 9.17) is 14.2 Å². The summed E-state index contributed by atoms with van der Waals surface area (Å²) in [6.07, 6.45) is -0.396. The van der Waals surface area contributed by atoms with Crippen LogP contribution in [0.4, 0.5) is 0 Å². The molecule has 1 heterocycles. The Morgan fingerprint density at radius 2 is 2.25 bits per heavy atom. The zero-order valence-corrected chi connectivity index (χ0v) is 9.60. The van der Waals surface area contributed by atoms with Crippen molar-refractivity contribution >= 4 is 5.97 Å². The van der Waals surface area contributed by atoms with Crippen LogP contribution in [0.2, 0.25) is 0 Å². The summed E-state index contributed by atoms with van der Waals surface area (Å²) in [5.41, 5.74) is 0.352. The predicted octanol–water partition coefficient (Wildman–Crippen LogP) is 0.371. The van der Waals surface area contributed by atoms with Gasteiger partial charge in [-0.1, -0.05) is 0 Å². The number of carbonyl (C=O) groups excluding carboxylic acids is 1. The van der Waals surface area contributed by atoms with Gasteiger partial charge in [-0.15, -0.1) is 0 Å². The Labute approximate surface area is 94.0 Å². The number of hydrogen-bond acceptors (Lipinski definition) is 5. The molecule has 0 aromatic rings. The van der Waals surface area contributed by atoms with E-state index in [1.165, 1.54) is 6.08 Å². The summed E-state index contributed by atoms with van der Waals surface area (Å²) < 4.78 is 16.0. The second-order valence-electron chi connectivity index (χ2n) is 4.35. The van der Waals surface area contributed by atoms with E-state index < -0.39 is 30.1 Å². The summed E-state index contributed by atoms with van der Waals surface area (Å²) in [7, 11) is 0. The standard InChI is InChI=1S/C11H16O5/c1-4-14-10(13)6-5-7(12)9-8(6)15-11(2,3)16-9/h5,7-9,12H,4H2,1-3H3/t7-,8-,9+/m1/s1.